The molecule has 1 rings (SSSR count). The fourth-order valence-corrected chi connectivity index (χ4v) is 1.11. The average Bonchev–Trinajstić information content (AvgIpc) is 2.17. The lowest BCUT2D eigenvalue weighted by Gasteiger charge is -2.06. The number of nitrogens with two attached hydrogens (primary N) is 1. The van der Waals surface area contributed by atoms with Crippen LogP contribution in [-0.2, 0) is 0 Å². The van der Waals surface area contributed by atoms with Gasteiger partial charge in [-0.2, -0.15) is 0 Å². The van der Waals surface area contributed by atoms with E-state index in [-0.39, 0.29) is 16.7 Å². The second-order valence-corrected chi connectivity index (χ2v) is 2.97. The first-order valence-electron chi connectivity index (χ1n) is 4.19. The monoisotopic (exact) mass is 181 g/mol. The van der Waals surface area contributed by atoms with E-state index in [0.717, 1.165) is 5.56 Å². The van der Waals surface area contributed by atoms with E-state index in [4.69, 9.17) is 0 Å². The SMILES string of the molecule is C[NH2+][C@H](C)c1cccc([N+](=O)[O-])c1. The molecule has 0 spiro atoms. The van der Waals surface area contributed by atoms with Crippen LogP contribution < -0.4 is 5.32 Å². The molecule has 0 saturated carbocycles. The second kappa shape index (κ2) is 4.00. The van der Waals surface area contributed by atoms with E-state index in [1.807, 2.05) is 25.4 Å². The molecule has 1 atom stereocenters. The van der Waals surface area contributed by atoms with Gasteiger partial charge in [0, 0.05) is 17.7 Å². The lowest BCUT2D eigenvalue weighted by molar-refractivity contribution is -0.666. The minimum atomic E-state index is -0.369. The number of nitrogens with zero attached hydrogens (tertiary/aromatic N) is 1. The number of quaternary nitrogens is 1. The zero-order chi connectivity index (χ0) is 9.84. The van der Waals surface area contributed by atoms with Crippen LogP contribution >= 0.6 is 0 Å². The summed E-state index contributed by atoms with van der Waals surface area (Å²) in [6.07, 6.45) is 0. The molecule has 0 aliphatic rings. The summed E-state index contributed by atoms with van der Waals surface area (Å²) in [5.41, 5.74) is 1.14. The molecule has 1 aromatic rings. The molecule has 0 aliphatic heterocycles. The molecule has 70 valence electrons. The molecule has 2 N–H and O–H groups in total. The quantitative estimate of drug-likeness (QED) is 0.555. The zero-order valence-corrected chi connectivity index (χ0v) is 7.73. The van der Waals surface area contributed by atoms with Crippen LogP contribution in [0.15, 0.2) is 24.3 Å². The first kappa shape index (κ1) is 9.67. The van der Waals surface area contributed by atoms with Crippen LogP contribution in [0.1, 0.15) is 18.5 Å². The maximum Gasteiger partial charge on any atom is 0.269 e. The van der Waals surface area contributed by atoms with Crippen molar-refractivity contribution in [1.29, 1.82) is 0 Å². The van der Waals surface area contributed by atoms with Crippen molar-refractivity contribution in [3.63, 3.8) is 0 Å². The van der Waals surface area contributed by atoms with Crippen molar-refractivity contribution in [3.05, 3.63) is 39.9 Å². The molecule has 1 aromatic carbocycles. The van der Waals surface area contributed by atoms with Crippen LogP contribution in [0.3, 0.4) is 0 Å². The lowest BCUT2D eigenvalue weighted by Crippen LogP contribution is -2.80. The minimum absolute atomic E-state index is 0.159. The third kappa shape index (κ3) is 2.26. The standard InChI is InChI=1S/C9H12N2O2/c1-7(10-2)8-4-3-5-9(6-8)11(12)13/h3-7,10H,1-2H3/p+1/t7-/m1/s1. The van der Waals surface area contributed by atoms with Crippen LogP contribution in [0.25, 0.3) is 0 Å². The van der Waals surface area contributed by atoms with Gasteiger partial charge in [0.1, 0.15) is 6.04 Å². The third-order valence-corrected chi connectivity index (χ3v) is 2.11. The first-order chi connectivity index (χ1) is 6.15. The summed E-state index contributed by atoms with van der Waals surface area (Å²) in [5, 5.41) is 12.5. The van der Waals surface area contributed by atoms with E-state index in [9.17, 15) is 10.1 Å². The molecule has 4 nitrogen and oxygen atoms in total. The summed E-state index contributed by atoms with van der Waals surface area (Å²) < 4.78 is 0. The van der Waals surface area contributed by atoms with Gasteiger partial charge in [-0.25, -0.2) is 0 Å². The number of hydrogen-bond acceptors (Lipinski definition) is 2. The summed E-state index contributed by atoms with van der Waals surface area (Å²) in [7, 11) is 1.95. The van der Waals surface area contributed by atoms with Crippen LogP contribution in [0.4, 0.5) is 5.69 Å². The Morgan fingerprint density at radius 2 is 2.23 bits per heavy atom. The molecule has 4 heteroatoms. The van der Waals surface area contributed by atoms with Crippen molar-refractivity contribution >= 4 is 5.69 Å². The zero-order valence-electron chi connectivity index (χ0n) is 7.73. The van der Waals surface area contributed by atoms with E-state index in [1.165, 1.54) is 6.07 Å². The second-order valence-electron chi connectivity index (χ2n) is 2.97. The molecule has 0 aliphatic carbocycles. The topological polar surface area (TPSA) is 59.8 Å². The maximum atomic E-state index is 10.5. The number of nitro groups is 1. The van der Waals surface area contributed by atoms with Crippen LogP contribution in [0.2, 0.25) is 0 Å². The smallest absolute Gasteiger partial charge is 0.269 e. The summed E-state index contributed by atoms with van der Waals surface area (Å²) in [6, 6.07) is 7.00. The van der Waals surface area contributed by atoms with Crippen molar-refractivity contribution in [1.82, 2.24) is 0 Å². The van der Waals surface area contributed by atoms with Gasteiger partial charge in [-0.3, -0.25) is 10.1 Å². The van der Waals surface area contributed by atoms with E-state index in [0.29, 0.717) is 0 Å². The van der Waals surface area contributed by atoms with Crippen molar-refractivity contribution < 1.29 is 10.2 Å². The van der Waals surface area contributed by atoms with E-state index in [1.54, 1.807) is 12.1 Å². The van der Waals surface area contributed by atoms with E-state index >= 15 is 0 Å². The van der Waals surface area contributed by atoms with E-state index < -0.39 is 0 Å². The number of hydrogen-bond donors (Lipinski definition) is 1. The fraction of sp³-hybridized carbons (Fsp3) is 0.333. The van der Waals surface area contributed by atoms with Crippen molar-refractivity contribution in [2.24, 2.45) is 0 Å². The van der Waals surface area contributed by atoms with Gasteiger partial charge in [0.25, 0.3) is 5.69 Å². The first-order valence-corrected chi connectivity index (χ1v) is 4.19. The Labute approximate surface area is 76.7 Å². The van der Waals surface area contributed by atoms with Crippen LogP contribution in [0.5, 0.6) is 0 Å². The summed E-state index contributed by atoms with van der Waals surface area (Å²) in [6.45, 7) is 2.01. The van der Waals surface area contributed by atoms with Crippen molar-refractivity contribution in [3.8, 4) is 0 Å². The average molecular weight is 181 g/mol. The van der Waals surface area contributed by atoms with Gasteiger partial charge < -0.3 is 5.32 Å². The Bertz CT molecular complexity index is 312. The highest BCUT2D eigenvalue weighted by Crippen LogP contribution is 2.16. The fourth-order valence-electron chi connectivity index (χ4n) is 1.11. The highest BCUT2D eigenvalue weighted by molar-refractivity contribution is 5.34. The molecular formula is C9H13N2O2+. The van der Waals surface area contributed by atoms with Gasteiger partial charge in [-0.1, -0.05) is 12.1 Å². The number of benzene rings is 1. The Kier molecular flexibility index (Phi) is 2.97. The van der Waals surface area contributed by atoms with Gasteiger partial charge in [0.2, 0.25) is 0 Å². The van der Waals surface area contributed by atoms with Gasteiger partial charge >= 0.3 is 0 Å². The summed E-state index contributed by atoms with van der Waals surface area (Å²) in [4.78, 5) is 10.1. The highest BCUT2D eigenvalue weighted by atomic mass is 16.6. The molecule has 0 fully saturated rings. The predicted molar refractivity (Wildman–Crippen MR) is 49.4 cm³/mol. The van der Waals surface area contributed by atoms with Gasteiger partial charge in [-0.05, 0) is 6.92 Å². The molecule has 0 radical (unpaired) electrons. The van der Waals surface area contributed by atoms with Gasteiger partial charge in [-0.15, -0.1) is 0 Å². The van der Waals surface area contributed by atoms with Crippen molar-refractivity contribution in [2.75, 3.05) is 7.05 Å². The summed E-state index contributed by atoms with van der Waals surface area (Å²) >= 11 is 0. The number of nitro benzene ring substituents is 1. The Hall–Kier alpha value is -1.42. The minimum Gasteiger partial charge on any atom is -0.343 e. The largest absolute Gasteiger partial charge is 0.343 e. The predicted octanol–water partition coefficient (Wildman–Crippen LogP) is 0.849. The molecule has 0 amide bonds. The highest BCUT2D eigenvalue weighted by Gasteiger charge is 2.10. The lowest BCUT2D eigenvalue weighted by atomic mass is 10.1. The van der Waals surface area contributed by atoms with Crippen LogP contribution in [-0.4, -0.2) is 12.0 Å². The normalized spacial score (nSPS) is 12.5. The molecule has 0 bridgehead atoms. The third-order valence-electron chi connectivity index (χ3n) is 2.11. The molecular weight excluding hydrogens is 168 g/mol. The summed E-state index contributed by atoms with van der Waals surface area (Å²) in [5.74, 6) is 0. The van der Waals surface area contributed by atoms with Gasteiger partial charge in [0.15, 0.2) is 0 Å². The van der Waals surface area contributed by atoms with Crippen molar-refractivity contribution in [2.45, 2.75) is 13.0 Å². The van der Waals surface area contributed by atoms with Crippen LogP contribution in [0, 0.1) is 10.1 Å². The van der Waals surface area contributed by atoms with E-state index in [2.05, 4.69) is 0 Å². The molecule has 0 aromatic heterocycles. The number of non-ortho nitro benzene ring substituents is 1. The molecule has 0 heterocycles. The Morgan fingerprint density at radius 1 is 1.54 bits per heavy atom. The molecule has 0 unspecified atom stereocenters. The Balaban J connectivity index is 2.98. The maximum absolute atomic E-state index is 10.5. The molecule has 13 heavy (non-hydrogen) atoms. The molecule has 0 saturated heterocycles. The number of rotatable bonds is 3. The Morgan fingerprint density at radius 3 is 2.77 bits per heavy atom. The van der Waals surface area contributed by atoms with Gasteiger partial charge in [0.05, 0.1) is 12.0 Å².